The molecule has 9 heteroatoms. The van der Waals surface area contributed by atoms with E-state index < -0.39 is 5.82 Å². The second-order valence-corrected chi connectivity index (χ2v) is 7.76. The lowest BCUT2D eigenvalue weighted by Crippen LogP contribution is -2.52. The van der Waals surface area contributed by atoms with Crippen LogP contribution in [0.15, 0.2) is 24.5 Å². The van der Waals surface area contributed by atoms with E-state index in [1.807, 2.05) is 6.07 Å². The number of hydrogen-bond acceptors (Lipinski definition) is 7. The maximum absolute atomic E-state index is 14.6. The Morgan fingerprint density at radius 2 is 2.03 bits per heavy atom. The van der Waals surface area contributed by atoms with Crippen LogP contribution in [0.1, 0.15) is 25.7 Å². The second-order valence-electron chi connectivity index (χ2n) is 7.76. The Balaban J connectivity index is 1.50. The van der Waals surface area contributed by atoms with Gasteiger partial charge in [0, 0.05) is 17.6 Å². The highest BCUT2D eigenvalue weighted by atomic mass is 19.1. The molecule has 2 bridgehead atoms. The van der Waals surface area contributed by atoms with Crippen molar-refractivity contribution in [2.24, 2.45) is 17.8 Å². The molecular weight excluding hydrogens is 375 g/mol. The molecule has 0 saturated heterocycles. The minimum Gasteiger partial charge on any atom is -0.469 e. The molecule has 2 N–H and O–H groups in total. The monoisotopic (exact) mass is 396 g/mol. The molecule has 150 valence electrons. The van der Waals surface area contributed by atoms with E-state index in [4.69, 9.17) is 4.74 Å². The number of halogens is 1. The first-order valence-corrected chi connectivity index (χ1v) is 9.82. The van der Waals surface area contributed by atoms with Crippen molar-refractivity contribution in [2.75, 3.05) is 12.4 Å². The molecule has 8 nitrogen and oxygen atoms in total. The number of carbonyl (C=O) groups is 1. The Morgan fingerprint density at radius 1 is 1.24 bits per heavy atom. The van der Waals surface area contributed by atoms with Crippen LogP contribution in [0.3, 0.4) is 0 Å². The lowest BCUT2D eigenvalue weighted by atomic mass is 9.61. The van der Waals surface area contributed by atoms with E-state index in [0.717, 1.165) is 37.3 Å². The molecule has 0 unspecified atom stereocenters. The summed E-state index contributed by atoms with van der Waals surface area (Å²) in [5.41, 5.74) is 1.12. The summed E-state index contributed by atoms with van der Waals surface area (Å²) >= 11 is 0. The molecule has 3 heterocycles. The lowest BCUT2D eigenvalue weighted by Gasteiger charge is -2.47. The van der Waals surface area contributed by atoms with E-state index >= 15 is 0 Å². The van der Waals surface area contributed by atoms with Crippen LogP contribution in [0.2, 0.25) is 0 Å². The number of hydrogen-bond donors (Lipinski definition) is 2. The van der Waals surface area contributed by atoms with Crippen LogP contribution in [0.5, 0.6) is 0 Å². The van der Waals surface area contributed by atoms with E-state index in [1.54, 1.807) is 12.3 Å². The van der Waals surface area contributed by atoms with Crippen molar-refractivity contribution < 1.29 is 13.9 Å². The highest BCUT2D eigenvalue weighted by molar-refractivity contribution is 5.88. The first kappa shape index (κ1) is 18.0. The zero-order valence-corrected chi connectivity index (χ0v) is 15.9. The van der Waals surface area contributed by atoms with Gasteiger partial charge in [-0.3, -0.25) is 9.89 Å². The predicted molar refractivity (Wildman–Crippen MR) is 103 cm³/mol. The number of fused-ring (bicyclic) bond motifs is 4. The van der Waals surface area contributed by atoms with Crippen LogP contribution in [0.4, 0.5) is 10.2 Å². The van der Waals surface area contributed by atoms with Crippen LogP contribution in [0, 0.1) is 23.6 Å². The third kappa shape index (κ3) is 3.01. The van der Waals surface area contributed by atoms with Crippen molar-refractivity contribution in [3.63, 3.8) is 0 Å². The number of pyridine rings is 1. The van der Waals surface area contributed by atoms with Gasteiger partial charge in [-0.05, 0) is 49.7 Å². The Labute approximate surface area is 166 Å². The van der Waals surface area contributed by atoms with Gasteiger partial charge < -0.3 is 10.1 Å². The maximum atomic E-state index is 14.6. The average molecular weight is 396 g/mol. The van der Waals surface area contributed by atoms with Gasteiger partial charge in [0.1, 0.15) is 5.69 Å². The van der Waals surface area contributed by atoms with Crippen molar-refractivity contribution in [1.82, 2.24) is 25.1 Å². The fourth-order valence-corrected chi connectivity index (χ4v) is 4.90. The molecule has 29 heavy (non-hydrogen) atoms. The van der Waals surface area contributed by atoms with E-state index in [9.17, 15) is 9.18 Å². The summed E-state index contributed by atoms with van der Waals surface area (Å²) in [6, 6.07) is 3.45. The maximum Gasteiger partial charge on any atom is 0.311 e. The summed E-state index contributed by atoms with van der Waals surface area (Å²) in [7, 11) is 1.41. The molecule has 3 aromatic rings. The number of anilines is 1. The smallest absolute Gasteiger partial charge is 0.311 e. The van der Waals surface area contributed by atoms with Crippen LogP contribution < -0.4 is 5.32 Å². The number of aromatic nitrogens is 5. The minimum atomic E-state index is -0.555. The SMILES string of the molecule is COC(=O)[C@@H]1C2CCC(CC2)[C@H]1Nc1nc(-c2[nH]nc3ncccc23)ncc1F. The third-order valence-electron chi connectivity index (χ3n) is 6.29. The largest absolute Gasteiger partial charge is 0.469 e. The third-order valence-corrected chi connectivity index (χ3v) is 6.29. The molecule has 0 spiro atoms. The van der Waals surface area contributed by atoms with Gasteiger partial charge in [0.05, 0.1) is 19.2 Å². The standard InChI is InChI=1S/C20H21FN6O2/c1-29-20(28)14-10-4-6-11(7-5-10)15(14)24-18-13(21)9-23-19(25-18)16-12-3-2-8-22-17(12)27-26-16/h2-3,8-11,14-15H,4-7H2,1H3,(H,22,26,27)(H,23,24,25)/t10?,11?,14-,15-/m1/s1. The zero-order chi connectivity index (χ0) is 20.0. The van der Waals surface area contributed by atoms with Gasteiger partial charge in [-0.1, -0.05) is 0 Å². The van der Waals surface area contributed by atoms with Gasteiger partial charge in [0.15, 0.2) is 23.1 Å². The van der Waals surface area contributed by atoms with Crippen molar-refractivity contribution in [1.29, 1.82) is 0 Å². The quantitative estimate of drug-likeness (QED) is 0.653. The fourth-order valence-electron chi connectivity index (χ4n) is 4.90. The molecule has 3 aromatic heterocycles. The molecule has 2 atom stereocenters. The molecule has 3 fully saturated rings. The van der Waals surface area contributed by atoms with Crippen molar-refractivity contribution in [3.8, 4) is 11.5 Å². The van der Waals surface area contributed by atoms with Gasteiger partial charge >= 0.3 is 5.97 Å². The molecule has 0 radical (unpaired) electrons. The van der Waals surface area contributed by atoms with E-state index in [0.29, 0.717) is 23.1 Å². The summed E-state index contributed by atoms with van der Waals surface area (Å²) in [5, 5.41) is 11.0. The molecule has 0 amide bonds. The van der Waals surface area contributed by atoms with Crippen LogP contribution >= 0.6 is 0 Å². The highest BCUT2D eigenvalue weighted by Gasteiger charge is 2.48. The van der Waals surface area contributed by atoms with Gasteiger partial charge in [0.25, 0.3) is 0 Å². The van der Waals surface area contributed by atoms with Gasteiger partial charge in [-0.2, -0.15) is 5.10 Å². The number of nitrogens with zero attached hydrogens (tertiary/aromatic N) is 4. The fraction of sp³-hybridized carbons (Fsp3) is 0.450. The first-order chi connectivity index (χ1) is 14.2. The lowest BCUT2D eigenvalue weighted by molar-refractivity contribution is -0.152. The van der Waals surface area contributed by atoms with Crippen molar-refractivity contribution >= 4 is 22.8 Å². The molecule has 0 aliphatic heterocycles. The number of carbonyl (C=O) groups excluding carboxylic acids is 1. The Morgan fingerprint density at radius 3 is 2.83 bits per heavy atom. The number of nitrogens with one attached hydrogen (secondary N) is 2. The van der Waals surface area contributed by atoms with E-state index in [1.165, 1.54) is 7.11 Å². The van der Waals surface area contributed by atoms with Gasteiger partial charge in [-0.25, -0.2) is 19.3 Å². The molecule has 3 aliphatic rings. The second kappa shape index (κ2) is 7.06. The summed E-state index contributed by atoms with van der Waals surface area (Å²) in [6.45, 7) is 0. The molecular formula is C20H21FN6O2. The van der Waals surface area contributed by atoms with Gasteiger partial charge in [0.2, 0.25) is 0 Å². The number of rotatable bonds is 4. The van der Waals surface area contributed by atoms with Gasteiger partial charge in [-0.15, -0.1) is 0 Å². The topological polar surface area (TPSA) is 106 Å². The van der Waals surface area contributed by atoms with E-state index in [-0.39, 0.29) is 29.7 Å². The van der Waals surface area contributed by atoms with Crippen molar-refractivity contribution in [3.05, 3.63) is 30.3 Å². The number of esters is 1. The Hall–Kier alpha value is -3.10. The molecule has 3 aliphatic carbocycles. The Bertz CT molecular complexity index is 1060. The summed E-state index contributed by atoms with van der Waals surface area (Å²) in [5.74, 6) is -0.121. The number of ether oxygens (including phenoxy) is 1. The number of aromatic amines is 1. The summed E-state index contributed by atoms with van der Waals surface area (Å²) in [4.78, 5) is 25.2. The summed E-state index contributed by atoms with van der Waals surface area (Å²) < 4.78 is 19.6. The summed E-state index contributed by atoms with van der Waals surface area (Å²) in [6.07, 6.45) is 6.84. The molecule has 6 rings (SSSR count). The van der Waals surface area contributed by atoms with Crippen LogP contribution in [-0.2, 0) is 9.53 Å². The zero-order valence-electron chi connectivity index (χ0n) is 15.9. The molecule has 3 saturated carbocycles. The predicted octanol–water partition coefficient (Wildman–Crippen LogP) is 2.94. The normalized spacial score (nSPS) is 25.9. The number of methoxy groups -OCH3 is 1. The highest BCUT2D eigenvalue weighted by Crippen LogP contribution is 2.46. The van der Waals surface area contributed by atoms with Crippen molar-refractivity contribution in [2.45, 2.75) is 31.7 Å². The number of H-pyrrole nitrogens is 1. The Kier molecular flexibility index (Phi) is 4.37. The van der Waals surface area contributed by atoms with E-state index in [2.05, 4.69) is 30.5 Å². The van der Waals surface area contributed by atoms with Crippen LogP contribution in [0.25, 0.3) is 22.6 Å². The van der Waals surface area contributed by atoms with Crippen LogP contribution in [-0.4, -0.2) is 44.3 Å². The minimum absolute atomic E-state index is 0.0908. The average Bonchev–Trinajstić information content (AvgIpc) is 3.20. The first-order valence-electron chi connectivity index (χ1n) is 9.82. The molecule has 0 aromatic carbocycles.